The van der Waals surface area contributed by atoms with Crippen LogP contribution < -0.4 is 5.32 Å². The van der Waals surface area contributed by atoms with Crippen LogP contribution in [-0.4, -0.2) is 22.1 Å². The van der Waals surface area contributed by atoms with E-state index in [4.69, 9.17) is 0 Å². The highest BCUT2D eigenvalue weighted by Crippen LogP contribution is 2.39. The average molecular weight is 285 g/mol. The molecule has 20 heavy (non-hydrogen) atoms. The van der Waals surface area contributed by atoms with E-state index in [2.05, 4.69) is 15.3 Å². The van der Waals surface area contributed by atoms with Gasteiger partial charge in [-0.15, -0.1) is 0 Å². The van der Waals surface area contributed by atoms with Crippen LogP contribution in [-0.2, 0) is 10.2 Å². The van der Waals surface area contributed by atoms with Crippen molar-refractivity contribution in [2.75, 3.05) is 11.6 Å². The van der Waals surface area contributed by atoms with Gasteiger partial charge in [-0.1, -0.05) is 30.0 Å². The highest BCUT2D eigenvalue weighted by atomic mass is 32.2. The molecule has 0 atom stereocenters. The monoisotopic (exact) mass is 285 g/mol. The Balaban J connectivity index is 2.35. The molecule has 1 amide bonds. The molecule has 1 N–H and O–H groups in total. The van der Waals surface area contributed by atoms with Crippen LogP contribution in [0.3, 0.4) is 0 Å². The highest BCUT2D eigenvalue weighted by molar-refractivity contribution is 7.98. The van der Waals surface area contributed by atoms with Gasteiger partial charge in [0.15, 0.2) is 5.16 Å². The molecular formula is C15H15N3OS. The predicted molar refractivity (Wildman–Crippen MR) is 80.9 cm³/mol. The first kappa shape index (κ1) is 13.1. The van der Waals surface area contributed by atoms with Crippen LogP contribution in [0.5, 0.6) is 0 Å². The number of aromatic nitrogens is 2. The van der Waals surface area contributed by atoms with Crippen LogP contribution in [0.2, 0.25) is 0 Å². The van der Waals surface area contributed by atoms with Gasteiger partial charge in [0.25, 0.3) is 0 Å². The first-order chi connectivity index (χ1) is 9.54. The van der Waals surface area contributed by atoms with Crippen molar-refractivity contribution in [3.63, 3.8) is 0 Å². The molecule has 0 bridgehead atoms. The summed E-state index contributed by atoms with van der Waals surface area (Å²) in [5.74, 6) is -0.0378. The lowest BCUT2D eigenvalue weighted by Gasteiger charge is -2.22. The Bertz CT molecular complexity index is 697. The number of benzene rings is 1. The summed E-state index contributed by atoms with van der Waals surface area (Å²) in [5.41, 5.74) is 2.78. The fraction of sp³-hybridized carbons (Fsp3) is 0.267. The molecule has 1 aliphatic heterocycles. The number of nitrogens with one attached hydrogen (secondary N) is 1. The lowest BCUT2D eigenvalue weighted by Crippen LogP contribution is -2.34. The number of carbonyl (C=O) groups excluding carboxylic acids is 1. The number of thioether (sulfide) groups is 1. The molecule has 1 aliphatic rings. The fourth-order valence-corrected chi connectivity index (χ4v) is 2.67. The molecule has 5 heteroatoms. The summed E-state index contributed by atoms with van der Waals surface area (Å²) in [5, 5.41) is 3.70. The quantitative estimate of drug-likeness (QED) is 0.646. The Morgan fingerprint density at radius 3 is 2.75 bits per heavy atom. The van der Waals surface area contributed by atoms with E-state index in [9.17, 15) is 4.79 Å². The van der Waals surface area contributed by atoms with E-state index in [1.807, 2.05) is 44.4 Å². The average Bonchev–Trinajstić information content (AvgIpc) is 2.54. The smallest absolute Gasteiger partial charge is 0.234 e. The van der Waals surface area contributed by atoms with Crippen LogP contribution in [0.4, 0.5) is 5.69 Å². The molecule has 0 spiro atoms. The lowest BCUT2D eigenvalue weighted by molar-refractivity contribution is -0.120. The van der Waals surface area contributed by atoms with E-state index >= 15 is 0 Å². The number of hydrogen-bond donors (Lipinski definition) is 1. The normalized spacial score (nSPS) is 15.8. The number of anilines is 1. The summed E-state index contributed by atoms with van der Waals surface area (Å²) < 4.78 is 0. The zero-order valence-corrected chi connectivity index (χ0v) is 12.4. The maximum absolute atomic E-state index is 12.4. The summed E-state index contributed by atoms with van der Waals surface area (Å²) in [4.78, 5) is 21.4. The topological polar surface area (TPSA) is 54.9 Å². The minimum atomic E-state index is -0.661. The van der Waals surface area contributed by atoms with E-state index in [0.29, 0.717) is 5.16 Å². The zero-order valence-electron chi connectivity index (χ0n) is 11.6. The van der Waals surface area contributed by atoms with E-state index in [0.717, 1.165) is 22.5 Å². The second-order valence-corrected chi connectivity index (χ2v) is 6.02. The van der Waals surface area contributed by atoms with Crippen LogP contribution in [0.15, 0.2) is 35.6 Å². The summed E-state index contributed by atoms with van der Waals surface area (Å²) in [7, 11) is 0. The van der Waals surface area contributed by atoms with Gasteiger partial charge in [0.2, 0.25) is 5.91 Å². The molecule has 102 valence electrons. The Hall–Kier alpha value is -1.88. The molecule has 0 unspecified atom stereocenters. The Labute approximate surface area is 122 Å². The van der Waals surface area contributed by atoms with Gasteiger partial charge < -0.3 is 5.32 Å². The van der Waals surface area contributed by atoms with Crippen molar-refractivity contribution in [3.05, 3.63) is 36.0 Å². The molecular weight excluding hydrogens is 270 g/mol. The Morgan fingerprint density at radius 1 is 1.25 bits per heavy atom. The van der Waals surface area contributed by atoms with E-state index in [1.165, 1.54) is 11.8 Å². The summed E-state index contributed by atoms with van der Waals surface area (Å²) in [6.45, 7) is 3.80. The minimum absolute atomic E-state index is 0.0378. The van der Waals surface area contributed by atoms with Crippen molar-refractivity contribution in [2.45, 2.75) is 24.4 Å². The first-order valence-corrected chi connectivity index (χ1v) is 7.59. The zero-order chi connectivity index (χ0) is 14.3. The lowest BCUT2D eigenvalue weighted by atomic mass is 9.83. The van der Waals surface area contributed by atoms with Gasteiger partial charge >= 0.3 is 0 Å². The fourth-order valence-electron chi connectivity index (χ4n) is 2.33. The number of para-hydroxylation sites is 1. The number of carbonyl (C=O) groups is 1. The van der Waals surface area contributed by atoms with Crippen molar-refractivity contribution >= 4 is 23.4 Å². The molecule has 0 aliphatic carbocycles. The molecule has 0 saturated heterocycles. The largest absolute Gasteiger partial charge is 0.325 e. The molecule has 0 radical (unpaired) electrons. The van der Waals surface area contributed by atoms with Crippen LogP contribution >= 0.6 is 11.8 Å². The van der Waals surface area contributed by atoms with Crippen molar-refractivity contribution in [3.8, 4) is 11.3 Å². The second kappa shape index (κ2) is 4.59. The summed E-state index contributed by atoms with van der Waals surface area (Å²) in [6, 6.07) is 7.74. The molecule has 4 nitrogen and oxygen atoms in total. The molecule has 2 aromatic rings. The van der Waals surface area contributed by atoms with E-state index < -0.39 is 5.41 Å². The molecule has 3 rings (SSSR count). The third kappa shape index (κ3) is 1.89. The van der Waals surface area contributed by atoms with Gasteiger partial charge in [-0.25, -0.2) is 9.97 Å². The number of rotatable bonds is 1. The van der Waals surface area contributed by atoms with E-state index in [-0.39, 0.29) is 5.91 Å². The van der Waals surface area contributed by atoms with Crippen LogP contribution in [0.25, 0.3) is 11.3 Å². The highest BCUT2D eigenvalue weighted by Gasteiger charge is 2.36. The van der Waals surface area contributed by atoms with Gasteiger partial charge in [0, 0.05) is 17.3 Å². The summed E-state index contributed by atoms with van der Waals surface area (Å²) in [6.07, 6.45) is 3.72. The molecule has 1 aromatic carbocycles. The van der Waals surface area contributed by atoms with Gasteiger partial charge in [-0.3, -0.25) is 4.79 Å². The van der Waals surface area contributed by atoms with Gasteiger partial charge in [0.1, 0.15) is 0 Å². The molecule has 2 heterocycles. The third-order valence-corrected chi connectivity index (χ3v) is 4.18. The number of nitrogens with zero attached hydrogens (tertiary/aromatic N) is 2. The first-order valence-electron chi connectivity index (χ1n) is 6.36. The van der Waals surface area contributed by atoms with Crippen molar-refractivity contribution < 1.29 is 4.79 Å². The van der Waals surface area contributed by atoms with Gasteiger partial charge in [-0.05, 0) is 26.2 Å². The molecule has 1 aromatic heterocycles. The van der Waals surface area contributed by atoms with Crippen LogP contribution in [0, 0.1) is 0 Å². The summed E-state index contributed by atoms with van der Waals surface area (Å²) >= 11 is 1.50. The third-order valence-electron chi connectivity index (χ3n) is 3.62. The van der Waals surface area contributed by atoms with Gasteiger partial charge in [0.05, 0.1) is 16.8 Å². The van der Waals surface area contributed by atoms with Crippen molar-refractivity contribution in [2.24, 2.45) is 0 Å². The standard InChI is InChI=1S/C15H15N3OS/c1-15(2)10-8-16-14(20-3)18-12(10)9-6-4-5-7-11(9)17-13(15)19/h4-8H,1-3H3,(H,17,19). The minimum Gasteiger partial charge on any atom is -0.325 e. The number of hydrogen-bond acceptors (Lipinski definition) is 4. The second-order valence-electron chi connectivity index (χ2n) is 5.24. The van der Waals surface area contributed by atoms with E-state index in [1.54, 1.807) is 6.20 Å². The molecule has 0 saturated carbocycles. The number of fused-ring (bicyclic) bond motifs is 3. The predicted octanol–water partition coefficient (Wildman–Crippen LogP) is 3.10. The molecule has 0 fully saturated rings. The SMILES string of the molecule is CSc1ncc2c(n1)-c1ccccc1NC(=O)C2(C)C. The maximum Gasteiger partial charge on any atom is 0.234 e. The van der Waals surface area contributed by atoms with Crippen molar-refractivity contribution in [1.82, 2.24) is 9.97 Å². The van der Waals surface area contributed by atoms with Crippen molar-refractivity contribution in [1.29, 1.82) is 0 Å². The van der Waals surface area contributed by atoms with Gasteiger partial charge in [-0.2, -0.15) is 0 Å². The van der Waals surface area contributed by atoms with Crippen LogP contribution in [0.1, 0.15) is 19.4 Å². The maximum atomic E-state index is 12.4. The Kier molecular flexibility index (Phi) is 3.01. The Morgan fingerprint density at radius 2 is 2.00 bits per heavy atom. The number of amides is 1.